The molecule has 0 aliphatic carbocycles. The van der Waals surface area contributed by atoms with Crippen molar-refractivity contribution >= 4 is 23.3 Å². The average Bonchev–Trinajstić information content (AvgIpc) is 3.11. The summed E-state index contributed by atoms with van der Waals surface area (Å²) in [6.07, 6.45) is 2.63. The third-order valence-corrected chi connectivity index (χ3v) is 5.02. The number of nitrogens with one attached hydrogen (secondary N) is 1. The molecule has 1 N–H and O–H groups in total. The lowest BCUT2D eigenvalue weighted by atomic mass is 9.84. The van der Waals surface area contributed by atoms with Gasteiger partial charge in [0.2, 0.25) is 0 Å². The molecule has 0 amide bonds. The fourth-order valence-corrected chi connectivity index (χ4v) is 4.18. The summed E-state index contributed by atoms with van der Waals surface area (Å²) in [5.41, 5.74) is -1.49. The van der Waals surface area contributed by atoms with Crippen LogP contribution in [0.1, 0.15) is 58.5 Å². The van der Waals surface area contributed by atoms with Crippen LogP contribution in [-0.2, 0) is 19.1 Å². The molecule has 0 aromatic carbocycles. The molecule has 140 valence electrons. The van der Waals surface area contributed by atoms with Gasteiger partial charge in [0.1, 0.15) is 16.1 Å². The summed E-state index contributed by atoms with van der Waals surface area (Å²) in [5, 5.41) is 6.03. The van der Waals surface area contributed by atoms with Gasteiger partial charge in [-0.1, -0.05) is 13.8 Å². The topological polar surface area (TPSA) is 77.5 Å². The van der Waals surface area contributed by atoms with Gasteiger partial charge in [0.15, 0.2) is 0 Å². The van der Waals surface area contributed by atoms with Gasteiger partial charge in [-0.3, -0.25) is 14.9 Å². The molecule has 1 fully saturated rings. The maximum Gasteiger partial charge on any atom is 0.326 e. The third kappa shape index (κ3) is 4.58. The quantitative estimate of drug-likeness (QED) is 0.805. The zero-order chi connectivity index (χ0) is 18.8. The first-order chi connectivity index (χ1) is 11.6. The van der Waals surface area contributed by atoms with Gasteiger partial charge < -0.3 is 9.47 Å². The molecule has 1 saturated heterocycles. The summed E-state index contributed by atoms with van der Waals surface area (Å²) in [7, 11) is 1.38. The smallest absolute Gasteiger partial charge is 0.326 e. The number of nitrogens with zero attached hydrogens (tertiary/aromatic N) is 1. The van der Waals surface area contributed by atoms with Gasteiger partial charge >= 0.3 is 11.9 Å². The fourth-order valence-electron chi connectivity index (χ4n) is 3.43. The minimum absolute atomic E-state index is 0.265. The molecular weight excluding hydrogens is 340 g/mol. The monoisotopic (exact) mass is 368 g/mol. The number of carbonyl (C=O) groups is 2. The van der Waals surface area contributed by atoms with Gasteiger partial charge in [0.25, 0.3) is 0 Å². The van der Waals surface area contributed by atoms with Crippen LogP contribution in [0.25, 0.3) is 0 Å². The molecule has 0 bridgehead atoms. The second-order valence-corrected chi connectivity index (χ2v) is 8.93. The minimum Gasteiger partial charge on any atom is -0.468 e. The van der Waals surface area contributed by atoms with Crippen molar-refractivity contribution in [3.05, 3.63) is 16.6 Å². The summed E-state index contributed by atoms with van der Waals surface area (Å²) in [5.74, 6) is -0.868. The van der Waals surface area contributed by atoms with E-state index in [1.165, 1.54) is 18.4 Å². The average molecular weight is 368 g/mol. The molecule has 0 spiro atoms. The third-order valence-electron chi connectivity index (χ3n) is 4.16. The Balaban J connectivity index is 2.38. The van der Waals surface area contributed by atoms with Gasteiger partial charge in [0.05, 0.1) is 19.1 Å². The number of esters is 2. The Morgan fingerprint density at radius 1 is 1.44 bits per heavy atom. The molecule has 6 nitrogen and oxygen atoms in total. The van der Waals surface area contributed by atoms with Crippen LogP contribution in [-0.4, -0.2) is 35.2 Å². The van der Waals surface area contributed by atoms with E-state index in [-0.39, 0.29) is 23.9 Å². The van der Waals surface area contributed by atoms with Crippen molar-refractivity contribution in [1.82, 2.24) is 10.3 Å². The number of carbonyl (C=O) groups excluding carboxylic acids is 2. The van der Waals surface area contributed by atoms with Crippen LogP contribution in [0.5, 0.6) is 0 Å². The van der Waals surface area contributed by atoms with Crippen LogP contribution >= 0.6 is 11.3 Å². The summed E-state index contributed by atoms with van der Waals surface area (Å²) < 4.78 is 10.7. The van der Waals surface area contributed by atoms with Crippen molar-refractivity contribution in [1.29, 1.82) is 0 Å². The van der Waals surface area contributed by atoms with E-state index in [1.807, 2.05) is 40.0 Å². The van der Waals surface area contributed by atoms with E-state index in [1.54, 1.807) is 6.20 Å². The first-order valence-corrected chi connectivity index (χ1v) is 9.44. The Bertz CT molecular complexity index is 609. The van der Waals surface area contributed by atoms with Crippen LogP contribution in [0.3, 0.4) is 0 Å². The fraction of sp³-hybridized carbons (Fsp3) is 0.722. The maximum atomic E-state index is 12.8. The molecule has 1 unspecified atom stereocenters. The largest absolute Gasteiger partial charge is 0.468 e. The highest BCUT2D eigenvalue weighted by molar-refractivity contribution is 7.09. The van der Waals surface area contributed by atoms with Crippen LogP contribution in [0.2, 0.25) is 0 Å². The molecule has 3 atom stereocenters. The second kappa shape index (κ2) is 7.41. The minimum atomic E-state index is -0.902. The van der Waals surface area contributed by atoms with Crippen molar-refractivity contribution in [2.24, 2.45) is 11.8 Å². The van der Waals surface area contributed by atoms with Crippen LogP contribution in [0.15, 0.2) is 11.6 Å². The normalized spacial score (nSPS) is 26.7. The van der Waals surface area contributed by atoms with Gasteiger partial charge in [-0.05, 0) is 39.5 Å². The highest BCUT2D eigenvalue weighted by Gasteiger charge is 2.55. The maximum absolute atomic E-state index is 12.8. The Kier molecular flexibility index (Phi) is 5.89. The summed E-state index contributed by atoms with van der Waals surface area (Å²) in [6.45, 7) is 9.62. The van der Waals surface area contributed by atoms with Gasteiger partial charge in [-0.15, -0.1) is 11.3 Å². The summed E-state index contributed by atoms with van der Waals surface area (Å²) in [4.78, 5) is 29.8. The van der Waals surface area contributed by atoms with E-state index in [0.717, 1.165) is 5.01 Å². The SMILES string of the molecule is COC(=O)[C@@]1(CC(C)C)CC(C(=O)OC(C)(C)C)[C@H](c2nccs2)N1. The number of hydrogen-bond donors (Lipinski definition) is 1. The number of ether oxygens (including phenoxy) is 2. The van der Waals surface area contributed by atoms with Crippen molar-refractivity contribution in [3.63, 3.8) is 0 Å². The number of rotatable bonds is 5. The predicted octanol–water partition coefficient (Wildman–Crippen LogP) is 3.09. The number of methoxy groups -OCH3 is 1. The molecule has 0 radical (unpaired) electrons. The molecule has 1 aliphatic heterocycles. The molecule has 2 heterocycles. The lowest BCUT2D eigenvalue weighted by Gasteiger charge is -2.29. The van der Waals surface area contributed by atoms with Crippen molar-refractivity contribution < 1.29 is 19.1 Å². The van der Waals surface area contributed by atoms with E-state index < -0.39 is 17.1 Å². The number of aromatic nitrogens is 1. The predicted molar refractivity (Wildman–Crippen MR) is 96.1 cm³/mol. The van der Waals surface area contributed by atoms with E-state index in [0.29, 0.717) is 12.8 Å². The van der Waals surface area contributed by atoms with Crippen molar-refractivity contribution in [2.45, 2.75) is 64.6 Å². The second-order valence-electron chi connectivity index (χ2n) is 8.01. The lowest BCUT2D eigenvalue weighted by molar-refractivity contribution is -0.160. The molecule has 0 saturated carbocycles. The van der Waals surface area contributed by atoms with Gasteiger partial charge in [0, 0.05) is 11.6 Å². The Morgan fingerprint density at radius 2 is 2.12 bits per heavy atom. The molecule has 1 aliphatic rings. The Morgan fingerprint density at radius 3 is 2.60 bits per heavy atom. The first kappa shape index (κ1) is 19.8. The van der Waals surface area contributed by atoms with E-state index in [4.69, 9.17) is 9.47 Å². The van der Waals surface area contributed by atoms with Gasteiger partial charge in [-0.25, -0.2) is 4.98 Å². The molecule has 25 heavy (non-hydrogen) atoms. The zero-order valence-electron chi connectivity index (χ0n) is 15.8. The molecule has 1 aromatic heterocycles. The van der Waals surface area contributed by atoms with Gasteiger partial charge in [-0.2, -0.15) is 0 Å². The highest BCUT2D eigenvalue weighted by atomic mass is 32.1. The molecule has 2 rings (SSSR count). The van der Waals surface area contributed by atoms with E-state index >= 15 is 0 Å². The standard InChI is InChI=1S/C18H28N2O4S/c1-11(2)9-18(16(22)23-6)10-12(15(21)24-17(3,4)5)13(20-18)14-19-7-8-25-14/h7-8,11-13,20H,9-10H2,1-6H3/t12?,13-,18-/m1/s1. The van der Waals surface area contributed by atoms with Crippen LogP contribution in [0.4, 0.5) is 0 Å². The number of hydrogen-bond acceptors (Lipinski definition) is 7. The Labute approximate surface area is 153 Å². The van der Waals surface area contributed by atoms with Crippen molar-refractivity contribution in [3.8, 4) is 0 Å². The van der Waals surface area contributed by atoms with E-state index in [2.05, 4.69) is 10.3 Å². The van der Waals surface area contributed by atoms with Crippen LogP contribution < -0.4 is 5.32 Å². The Hall–Kier alpha value is -1.47. The number of thiazole rings is 1. The molecular formula is C18H28N2O4S. The lowest BCUT2D eigenvalue weighted by Crippen LogP contribution is -2.49. The van der Waals surface area contributed by atoms with Crippen LogP contribution in [0, 0.1) is 11.8 Å². The summed E-state index contributed by atoms with van der Waals surface area (Å²) >= 11 is 1.46. The molecule has 1 aromatic rings. The highest BCUT2D eigenvalue weighted by Crippen LogP contribution is 2.43. The zero-order valence-corrected chi connectivity index (χ0v) is 16.6. The molecule has 7 heteroatoms. The van der Waals surface area contributed by atoms with E-state index in [9.17, 15) is 9.59 Å². The summed E-state index contributed by atoms with van der Waals surface area (Å²) in [6, 6.07) is -0.354. The van der Waals surface area contributed by atoms with Crippen molar-refractivity contribution in [2.75, 3.05) is 7.11 Å². The first-order valence-electron chi connectivity index (χ1n) is 8.56.